The van der Waals surface area contributed by atoms with Gasteiger partial charge in [0.15, 0.2) is 5.03 Å². The first-order valence-electron chi connectivity index (χ1n) is 9.74. The summed E-state index contributed by atoms with van der Waals surface area (Å²) in [4.78, 5) is 17.1. The molecule has 0 fully saturated rings. The molecule has 0 saturated carbocycles. The number of aryl methyl sites for hydroxylation is 1. The molecule has 0 bridgehead atoms. The Bertz CT molecular complexity index is 1470. The lowest BCUT2D eigenvalue weighted by molar-refractivity contribution is 0.0941. The third-order valence-corrected chi connectivity index (χ3v) is 7.59. The number of nitrogens with one attached hydrogen (secondary N) is 2. The van der Waals surface area contributed by atoms with Gasteiger partial charge in [0.05, 0.1) is 33.6 Å². The molecule has 2 N–H and O–H groups in total. The van der Waals surface area contributed by atoms with Crippen LogP contribution in [-0.4, -0.2) is 23.7 Å². The van der Waals surface area contributed by atoms with Crippen LogP contribution in [-0.2, 0) is 10.0 Å². The minimum absolute atomic E-state index is 0.142. The molecule has 1 atom stereocenters. The predicted octanol–water partition coefficient (Wildman–Crippen LogP) is 5.60. The van der Waals surface area contributed by atoms with Crippen LogP contribution in [0.1, 0.15) is 34.5 Å². The highest BCUT2D eigenvalue weighted by Gasteiger charge is 2.24. The Morgan fingerprint density at radius 2 is 1.91 bits per heavy atom. The zero-order valence-electron chi connectivity index (χ0n) is 17.5. The van der Waals surface area contributed by atoms with E-state index >= 15 is 0 Å². The van der Waals surface area contributed by atoms with Crippen molar-refractivity contribution in [1.82, 2.24) is 14.7 Å². The van der Waals surface area contributed by atoms with Crippen LogP contribution in [0.25, 0.3) is 10.1 Å². The Balaban J connectivity index is 1.65. The molecule has 0 aliphatic rings. The molecule has 4 aromatic rings. The normalized spacial score (nSPS) is 12.5. The Morgan fingerprint density at radius 3 is 2.67 bits per heavy atom. The summed E-state index contributed by atoms with van der Waals surface area (Å²) in [7, 11) is -4.08. The third-order valence-electron chi connectivity index (χ3n) is 4.94. The molecule has 0 unspecified atom stereocenters. The van der Waals surface area contributed by atoms with Crippen molar-refractivity contribution < 1.29 is 13.2 Å². The number of hydrogen-bond donors (Lipinski definition) is 2. The summed E-state index contributed by atoms with van der Waals surface area (Å²) in [5.74, 6) is -0.463. The van der Waals surface area contributed by atoms with E-state index in [1.165, 1.54) is 23.9 Å². The largest absolute Gasteiger partial charge is 0.345 e. The van der Waals surface area contributed by atoms with Gasteiger partial charge in [-0.2, -0.15) is 12.8 Å². The molecule has 11 heteroatoms. The van der Waals surface area contributed by atoms with E-state index in [2.05, 4.69) is 19.4 Å². The lowest BCUT2D eigenvalue weighted by Gasteiger charge is -2.18. The first kappa shape index (κ1) is 23.4. The van der Waals surface area contributed by atoms with Crippen molar-refractivity contribution in [3.8, 4) is 0 Å². The Hall–Kier alpha value is -2.72. The predicted molar refractivity (Wildman–Crippen MR) is 132 cm³/mol. The lowest BCUT2D eigenvalue weighted by atomic mass is 10.1. The highest BCUT2D eigenvalue weighted by atomic mass is 35.5. The number of nitrogens with zero attached hydrogens (tertiary/aromatic N) is 2. The van der Waals surface area contributed by atoms with Gasteiger partial charge in [-0.25, -0.2) is 4.98 Å². The number of carbonyl (C=O) groups excluding carboxylic acids is 1. The molecule has 0 aliphatic carbocycles. The summed E-state index contributed by atoms with van der Waals surface area (Å²) >= 11 is 13.4. The van der Waals surface area contributed by atoms with Crippen LogP contribution < -0.4 is 10.0 Å². The van der Waals surface area contributed by atoms with Gasteiger partial charge in [-0.05, 0) is 66.8 Å². The maximum atomic E-state index is 13.2. The Morgan fingerprint density at radius 1 is 1.12 bits per heavy atom. The highest BCUT2D eigenvalue weighted by Crippen LogP contribution is 2.29. The van der Waals surface area contributed by atoms with Crippen LogP contribution >= 0.6 is 34.7 Å². The van der Waals surface area contributed by atoms with Crippen LogP contribution in [0.15, 0.2) is 59.9 Å². The van der Waals surface area contributed by atoms with Crippen molar-refractivity contribution in [1.29, 1.82) is 0 Å². The molecule has 2 aromatic heterocycles. The fourth-order valence-electron chi connectivity index (χ4n) is 3.32. The fourth-order valence-corrected chi connectivity index (χ4v) is 5.81. The molecule has 2 aromatic carbocycles. The molecule has 4 rings (SSSR count). The standard InChI is InChI=1S/C22H18Cl2N4O3S2/c1-12-3-5-16(21(29)27-13(2)15-6-4-14(23)10-18(15)24)19(9-12)28-33(30,31)22-17-11-26-32-20(17)7-8-25-22/h3-11,13,28H,1-2H3,(H,27,29)/t13-/m1/s1. The molecule has 2 heterocycles. The van der Waals surface area contributed by atoms with E-state index in [1.54, 1.807) is 56.3 Å². The van der Waals surface area contributed by atoms with Gasteiger partial charge in [0.25, 0.3) is 15.9 Å². The topological polar surface area (TPSA) is 101 Å². The molecule has 0 spiro atoms. The van der Waals surface area contributed by atoms with Crippen molar-refractivity contribution in [3.05, 3.63) is 81.6 Å². The number of halogens is 2. The van der Waals surface area contributed by atoms with Crippen molar-refractivity contribution in [2.75, 3.05) is 4.72 Å². The number of aromatic nitrogens is 2. The van der Waals surface area contributed by atoms with Crippen LogP contribution in [0.4, 0.5) is 5.69 Å². The van der Waals surface area contributed by atoms with Crippen LogP contribution in [0.2, 0.25) is 10.0 Å². The van der Waals surface area contributed by atoms with E-state index in [-0.39, 0.29) is 16.3 Å². The number of carbonyl (C=O) groups is 1. The van der Waals surface area contributed by atoms with Crippen molar-refractivity contribution in [3.63, 3.8) is 0 Å². The number of anilines is 1. The van der Waals surface area contributed by atoms with E-state index in [9.17, 15) is 13.2 Å². The molecule has 0 saturated heterocycles. The van der Waals surface area contributed by atoms with E-state index in [4.69, 9.17) is 23.2 Å². The molecule has 33 heavy (non-hydrogen) atoms. The number of sulfonamides is 1. The van der Waals surface area contributed by atoms with Crippen molar-refractivity contribution in [2.45, 2.75) is 24.9 Å². The monoisotopic (exact) mass is 520 g/mol. The van der Waals surface area contributed by atoms with Crippen LogP contribution in [0, 0.1) is 6.92 Å². The summed E-state index contributed by atoms with van der Waals surface area (Å²) in [6, 6.07) is 11.2. The SMILES string of the molecule is Cc1ccc(C(=O)N[C@H](C)c2ccc(Cl)cc2Cl)c(NS(=O)(=O)c2nccc3sncc23)c1. The van der Waals surface area contributed by atoms with E-state index < -0.39 is 22.0 Å². The van der Waals surface area contributed by atoms with Crippen molar-refractivity contribution >= 4 is 66.4 Å². The van der Waals surface area contributed by atoms with Gasteiger partial charge in [0.1, 0.15) is 0 Å². The summed E-state index contributed by atoms with van der Waals surface area (Å²) in [6.45, 7) is 3.58. The fraction of sp³-hybridized carbons (Fsp3) is 0.136. The van der Waals surface area contributed by atoms with Crippen molar-refractivity contribution in [2.24, 2.45) is 0 Å². The smallest absolute Gasteiger partial charge is 0.280 e. The average Bonchev–Trinajstić information content (AvgIpc) is 3.22. The van der Waals surface area contributed by atoms with Gasteiger partial charge in [-0.1, -0.05) is 35.3 Å². The summed E-state index contributed by atoms with van der Waals surface area (Å²) in [5, 5.41) is 4.03. The van der Waals surface area contributed by atoms with Gasteiger partial charge < -0.3 is 5.32 Å². The minimum Gasteiger partial charge on any atom is -0.345 e. The first-order valence-corrected chi connectivity index (χ1v) is 12.8. The summed E-state index contributed by atoms with van der Waals surface area (Å²) in [5.41, 5.74) is 1.77. The van der Waals surface area contributed by atoms with Gasteiger partial charge in [0.2, 0.25) is 0 Å². The van der Waals surface area contributed by atoms with Crippen LogP contribution in [0.5, 0.6) is 0 Å². The maximum Gasteiger partial charge on any atom is 0.280 e. The average molecular weight is 521 g/mol. The Labute approximate surface area is 205 Å². The maximum absolute atomic E-state index is 13.2. The third kappa shape index (κ3) is 4.96. The minimum atomic E-state index is -4.08. The number of amides is 1. The number of hydrogen-bond acceptors (Lipinski definition) is 6. The van der Waals surface area contributed by atoms with Gasteiger partial charge in [-0.15, -0.1) is 0 Å². The van der Waals surface area contributed by atoms with Gasteiger partial charge >= 0.3 is 0 Å². The lowest BCUT2D eigenvalue weighted by Crippen LogP contribution is -2.28. The number of fused-ring (bicyclic) bond motifs is 1. The molecule has 7 nitrogen and oxygen atoms in total. The molecule has 0 aliphatic heterocycles. The quantitative estimate of drug-likeness (QED) is 0.344. The van der Waals surface area contributed by atoms with E-state index in [0.29, 0.717) is 25.7 Å². The second-order valence-electron chi connectivity index (χ2n) is 7.37. The second-order valence-corrected chi connectivity index (χ2v) is 10.6. The summed E-state index contributed by atoms with van der Waals surface area (Å²) < 4.78 is 33.6. The van der Waals surface area contributed by atoms with Gasteiger partial charge in [0, 0.05) is 16.2 Å². The van der Waals surface area contributed by atoms with E-state index in [1.807, 2.05) is 0 Å². The molecule has 170 valence electrons. The van der Waals surface area contributed by atoms with E-state index in [0.717, 1.165) is 5.56 Å². The highest BCUT2D eigenvalue weighted by molar-refractivity contribution is 7.92. The number of pyridine rings is 1. The van der Waals surface area contributed by atoms with Crippen LogP contribution in [0.3, 0.4) is 0 Å². The van der Waals surface area contributed by atoms with Gasteiger partial charge in [-0.3, -0.25) is 9.52 Å². The molecular formula is C22H18Cl2N4O3S2. The number of benzene rings is 2. The first-order chi connectivity index (χ1) is 15.7. The second kappa shape index (κ2) is 9.26. The Kier molecular flexibility index (Phi) is 6.58. The number of rotatable bonds is 6. The summed E-state index contributed by atoms with van der Waals surface area (Å²) in [6.07, 6.45) is 2.87. The molecule has 1 amide bonds. The zero-order chi connectivity index (χ0) is 23.8. The molecule has 0 radical (unpaired) electrons. The molecular weight excluding hydrogens is 503 g/mol. The zero-order valence-corrected chi connectivity index (χ0v) is 20.6.